The molecule has 0 radical (unpaired) electrons. The van der Waals surface area contributed by atoms with Gasteiger partial charge in [0.25, 0.3) is 10.0 Å². The molecule has 0 aliphatic heterocycles. The van der Waals surface area contributed by atoms with E-state index in [-0.39, 0.29) is 4.90 Å². The van der Waals surface area contributed by atoms with Crippen LogP contribution in [-0.2, 0) is 19.6 Å². The number of esters is 1. The minimum Gasteiger partial charge on any atom is -0.469 e. The zero-order valence-corrected chi connectivity index (χ0v) is 18.4. The molecule has 0 amide bonds. The van der Waals surface area contributed by atoms with Crippen LogP contribution in [0.2, 0.25) is 10.0 Å². The lowest BCUT2D eigenvalue weighted by atomic mass is 10.00. The predicted octanol–water partition coefficient (Wildman–Crippen LogP) is 5.61. The SMILES string of the molecule is COC(=O)C(C)c1ccc2c3cc(Cl)ccc3n(S(=O)(=O)c3ccc(Cl)cc3)c2c1. The van der Waals surface area contributed by atoms with E-state index in [1.807, 2.05) is 0 Å². The molecular weight excluding hydrogens is 445 g/mol. The normalized spacial score (nSPS) is 12.9. The monoisotopic (exact) mass is 461 g/mol. The molecule has 0 saturated heterocycles. The predicted molar refractivity (Wildman–Crippen MR) is 119 cm³/mol. The second kappa shape index (κ2) is 7.61. The third-order valence-corrected chi connectivity index (χ3v) is 7.34. The summed E-state index contributed by atoms with van der Waals surface area (Å²) in [5.74, 6) is -0.951. The minimum atomic E-state index is -3.95. The smallest absolute Gasteiger partial charge is 0.312 e. The molecule has 8 heteroatoms. The summed E-state index contributed by atoms with van der Waals surface area (Å²) >= 11 is 12.1. The standard InChI is InChI=1S/C22H17Cl2NO4S/c1-13(22(26)29-2)14-3-9-18-19-12-16(24)6-10-20(19)25(21(18)11-14)30(27,28)17-7-4-15(23)5-8-17/h3-13H,1-2H3. The minimum absolute atomic E-state index is 0.104. The third kappa shape index (κ3) is 3.35. The van der Waals surface area contributed by atoms with Crippen LogP contribution in [-0.4, -0.2) is 25.5 Å². The van der Waals surface area contributed by atoms with E-state index in [1.165, 1.54) is 35.3 Å². The van der Waals surface area contributed by atoms with Crippen LogP contribution in [0.1, 0.15) is 18.4 Å². The summed E-state index contributed by atoms with van der Waals surface area (Å²) in [7, 11) is -2.63. The Morgan fingerprint density at radius 3 is 2.23 bits per heavy atom. The molecule has 4 aromatic rings. The highest BCUT2D eigenvalue weighted by atomic mass is 35.5. The first-order valence-corrected chi connectivity index (χ1v) is 11.3. The molecule has 3 aromatic carbocycles. The molecule has 154 valence electrons. The number of halogens is 2. The van der Waals surface area contributed by atoms with E-state index in [4.69, 9.17) is 27.9 Å². The molecule has 1 atom stereocenters. The summed E-state index contributed by atoms with van der Waals surface area (Å²) in [5, 5.41) is 2.35. The van der Waals surface area contributed by atoms with Gasteiger partial charge in [-0.25, -0.2) is 12.4 Å². The average molecular weight is 462 g/mol. The molecule has 1 unspecified atom stereocenters. The third-order valence-electron chi connectivity index (χ3n) is 5.11. The van der Waals surface area contributed by atoms with E-state index in [0.717, 1.165) is 0 Å². The molecule has 4 rings (SSSR count). The topological polar surface area (TPSA) is 65.4 Å². The van der Waals surface area contributed by atoms with Gasteiger partial charge in [0.1, 0.15) is 0 Å². The van der Waals surface area contributed by atoms with Crippen LogP contribution in [0, 0.1) is 0 Å². The number of rotatable bonds is 4. The fourth-order valence-electron chi connectivity index (χ4n) is 3.53. The highest BCUT2D eigenvalue weighted by molar-refractivity contribution is 7.90. The van der Waals surface area contributed by atoms with Gasteiger partial charge in [-0.05, 0) is 61.0 Å². The summed E-state index contributed by atoms with van der Waals surface area (Å²) in [6.45, 7) is 1.71. The first kappa shape index (κ1) is 20.7. The quantitative estimate of drug-likeness (QED) is 0.370. The van der Waals surface area contributed by atoms with Gasteiger partial charge in [-0.15, -0.1) is 0 Å². The maximum absolute atomic E-state index is 13.6. The average Bonchev–Trinajstić information content (AvgIpc) is 3.06. The lowest BCUT2D eigenvalue weighted by molar-refractivity contribution is -0.141. The van der Waals surface area contributed by atoms with Crippen molar-refractivity contribution in [2.24, 2.45) is 0 Å². The molecule has 0 N–H and O–H groups in total. The van der Waals surface area contributed by atoms with Crippen molar-refractivity contribution < 1.29 is 17.9 Å². The van der Waals surface area contributed by atoms with Crippen LogP contribution < -0.4 is 0 Å². The Morgan fingerprint density at radius 2 is 1.57 bits per heavy atom. The Bertz CT molecular complexity index is 1390. The van der Waals surface area contributed by atoms with Gasteiger partial charge in [-0.2, -0.15) is 0 Å². The molecule has 0 spiro atoms. The van der Waals surface area contributed by atoms with Gasteiger partial charge in [0.2, 0.25) is 0 Å². The Labute approximate surface area is 183 Å². The summed E-state index contributed by atoms with van der Waals surface area (Å²) in [6.07, 6.45) is 0. The fraction of sp³-hybridized carbons (Fsp3) is 0.136. The molecule has 30 heavy (non-hydrogen) atoms. The Morgan fingerprint density at radius 1 is 0.900 bits per heavy atom. The van der Waals surface area contributed by atoms with Crippen LogP contribution in [0.25, 0.3) is 21.8 Å². The van der Waals surface area contributed by atoms with Crippen LogP contribution in [0.5, 0.6) is 0 Å². The Hall–Kier alpha value is -2.54. The molecule has 1 aromatic heterocycles. The summed E-state index contributed by atoms with van der Waals surface area (Å²) in [5.41, 5.74) is 1.60. The van der Waals surface area contributed by atoms with E-state index in [1.54, 1.807) is 43.3 Å². The number of hydrogen-bond acceptors (Lipinski definition) is 4. The second-order valence-corrected chi connectivity index (χ2v) is 9.57. The van der Waals surface area contributed by atoms with E-state index in [2.05, 4.69) is 0 Å². The fourth-order valence-corrected chi connectivity index (χ4v) is 5.35. The van der Waals surface area contributed by atoms with Crippen LogP contribution >= 0.6 is 23.2 Å². The number of aromatic nitrogens is 1. The number of carbonyl (C=O) groups excluding carboxylic acids is 1. The zero-order valence-electron chi connectivity index (χ0n) is 16.1. The number of hydrogen-bond donors (Lipinski definition) is 0. The molecular formula is C22H17Cl2NO4S. The number of fused-ring (bicyclic) bond motifs is 3. The van der Waals surface area contributed by atoms with Gasteiger partial charge in [0, 0.05) is 20.8 Å². The maximum atomic E-state index is 13.6. The van der Waals surface area contributed by atoms with Crippen molar-refractivity contribution in [3.05, 3.63) is 76.3 Å². The molecule has 0 bridgehead atoms. The highest BCUT2D eigenvalue weighted by Gasteiger charge is 2.25. The summed E-state index contributed by atoms with van der Waals surface area (Å²) in [6, 6.07) is 16.4. The van der Waals surface area contributed by atoms with Gasteiger partial charge < -0.3 is 4.74 Å². The maximum Gasteiger partial charge on any atom is 0.312 e. The molecule has 0 aliphatic rings. The lowest BCUT2D eigenvalue weighted by Gasteiger charge is -2.12. The van der Waals surface area contributed by atoms with Crippen molar-refractivity contribution in [3.63, 3.8) is 0 Å². The van der Waals surface area contributed by atoms with E-state index >= 15 is 0 Å². The van der Waals surface area contributed by atoms with Crippen LogP contribution in [0.15, 0.2) is 65.6 Å². The van der Waals surface area contributed by atoms with Gasteiger partial charge in [0.15, 0.2) is 0 Å². The van der Waals surface area contributed by atoms with Crippen molar-refractivity contribution in [3.8, 4) is 0 Å². The van der Waals surface area contributed by atoms with Crippen molar-refractivity contribution in [2.45, 2.75) is 17.7 Å². The van der Waals surface area contributed by atoms with Crippen molar-refractivity contribution in [1.82, 2.24) is 3.97 Å². The summed E-state index contributed by atoms with van der Waals surface area (Å²) < 4.78 is 33.3. The number of nitrogens with zero attached hydrogens (tertiary/aromatic N) is 1. The number of carbonyl (C=O) groups is 1. The van der Waals surface area contributed by atoms with Crippen molar-refractivity contribution in [1.29, 1.82) is 0 Å². The summed E-state index contributed by atoms with van der Waals surface area (Å²) in [4.78, 5) is 12.1. The second-order valence-electron chi connectivity index (χ2n) is 6.91. The lowest BCUT2D eigenvalue weighted by Crippen LogP contribution is -2.14. The molecule has 0 fully saturated rings. The zero-order chi connectivity index (χ0) is 21.6. The highest BCUT2D eigenvalue weighted by Crippen LogP contribution is 2.36. The molecule has 5 nitrogen and oxygen atoms in total. The first-order chi connectivity index (χ1) is 14.2. The number of benzene rings is 3. The van der Waals surface area contributed by atoms with Gasteiger partial charge in [-0.1, -0.05) is 35.3 Å². The Kier molecular flexibility index (Phi) is 5.26. The van der Waals surface area contributed by atoms with Crippen LogP contribution in [0.3, 0.4) is 0 Å². The molecule has 1 heterocycles. The molecule has 0 saturated carbocycles. The van der Waals surface area contributed by atoms with Gasteiger partial charge in [-0.3, -0.25) is 4.79 Å². The number of methoxy groups -OCH3 is 1. The first-order valence-electron chi connectivity index (χ1n) is 9.06. The Balaban J connectivity index is 2.07. The van der Waals surface area contributed by atoms with Crippen molar-refractivity contribution >= 4 is 61.0 Å². The van der Waals surface area contributed by atoms with E-state index < -0.39 is 21.9 Å². The van der Waals surface area contributed by atoms with Crippen LogP contribution in [0.4, 0.5) is 0 Å². The van der Waals surface area contributed by atoms with E-state index in [9.17, 15) is 13.2 Å². The van der Waals surface area contributed by atoms with E-state index in [0.29, 0.717) is 37.4 Å². The van der Waals surface area contributed by atoms with Gasteiger partial charge in [0.05, 0.1) is 29.0 Å². The largest absolute Gasteiger partial charge is 0.469 e. The van der Waals surface area contributed by atoms with Crippen molar-refractivity contribution in [2.75, 3.05) is 7.11 Å². The number of ether oxygens (including phenoxy) is 1. The van der Waals surface area contributed by atoms with Gasteiger partial charge >= 0.3 is 5.97 Å². The molecule has 0 aliphatic carbocycles.